The highest BCUT2D eigenvalue weighted by atomic mass is 35.5. The second-order valence-electron chi connectivity index (χ2n) is 8.61. The van der Waals surface area contributed by atoms with Crippen molar-refractivity contribution in [1.29, 1.82) is 0 Å². The number of allylic oxidation sites excluding steroid dienone is 1. The molecule has 0 amide bonds. The van der Waals surface area contributed by atoms with E-state index in [1.807, 2.05) is 0 Å². The molecule has 0 aromatic heterocycles. The maximum Gasteiger partial charge on any atom is 0.186 e. The van der Waals surface area contributed by atoms with Gasteiger partial charge in [-0.25, -0.2) is 0 Å². The first-order valence-electron chi connectivity index (χ1n) is 9.81. The smallest absolute Gasteiger partial charge is 0.186 e. The van der Waals surface area contributed by atoms with Gasteiger partial charge in [0.25, 0.3) is 0 Å². The molecule has 0 fully saturated rings. The maximum atomic E-state index is 13.8. The lowest BCUT2D eigenvalue weighted by molar-refractivity contribution is -0.124. The van der Waals surface area contributed by atoms with Crippen molar-refractivity contribution in [3.63, 3.8) is 0 Å². The topological polar surface area (TPSA) is 138 Å². The maximum absolute atomic E-state index is 13.8. The number of aryl methyl sites for hydroxylation is 2. The van der Waals surface area contributed by atoms with Crippen LogP contribution in [-0.2, 0) is 16.0 Å². The second-order valence-corrected chi connectivity index (χ2v) is 9.02. The summed E-state index contributed by atoms with van der Waals surface area (Å²) >= 11 is 6.41. The van der Waals surface area contributed by atoms with E-state index in [0.717, 1.165) is 6.92 Å². The lowest BCUT2D eigenvalue weighted by Gasteiger charge is -2.46. The molecule has 0 saturated carbocycles. The van der Waals surface area contributed by atoms with E-state index in [0.29, 0.717) is 27.1 Å². The van der Waals surface area contributed by atoms with E-state index in [4.69, 9.17) is 17.3 Å². The molecule has 4 rings (SSSR count). The van der Waals surface area contributed by atoms with Crippen LogP contribution in [0.3, 0.4) is 0 Å². The molecule has 2 unspecified atom stereocenters. The van der Waals surface area contributed by atoms with Crippen molar-refractivity contribution in [3.05, 3.63) is 44.7 Å². The van der Waals surface area contributed by atoms with Crippen molar-refractivity contribution in [2.45, 2.75) is 40.2 Å². The molecule has 162 valence electrons. The van der Waals surface area contributed by atoms with Gasteiger partial charge in [-0.15, -0.1) is 0 Å². The first-order chi connectivity index (χ1) is 14.3. The van der Waals surface area contributed by atoms with Crippen LogP contribution in [0.1, 0.15) is 40.9 Å². The normalized spacial score (nSPS) is 25.6. The van der Waals surface area contributed by atoms with Gasteiger partial charge in [-0.1, -0.05) is 11.6 Å². The Hall–Kier alpha value is -2.90. The zero-order chi connectivity index (χ0) is 23.2. The lowest BCUT2D eigenvalue weighted by atomic mass is 9.56. The number of Topliss-reactive ketones (excluding diaryl/α,β-unsaturated/α-hetero) is 3. The standard InChI is InChI=1S/C23H22ClNO6/c1-7-5-12(24)13-8(2)10-6-11-17(25)20(29)14(9(3)26)21(30)23(11,4)22(31)15(10)19(28)16(13)18(7)27/h5,11,17,27-28,30H,6,25H2,1-4H3/t11?,17-,23?/m1/s1. The third-order valence-electron chi connectivity index (χ3n) is 6.97. The summed E-state index contributed by atoms with van der Waals surface area (Å²) in [5, 5.41) is 33.4. The Kier molecular flexibility index (Phi) is 4.51. The fraction of sp³-hybridized carbons (Fsp3) is 0.348. The molecule has 2 aromatic carbocycles. The molecule has 2 aromatic rings. The molecule has 0 radical (unpaired) electrons. The summed E-state index contributed by atoms with van der Waals surface area (Å²) in [5.41, 5.74) is 5.38. The number of aliphatic hydroxyl groups is 1. The van der Waals surface area contributed by atoms with Crippen LogP contribution >= 0.6 is 11.6 Å². The highest BCUT2D eigenvalue weighted by Crippen LogP contribution is 2.54. The molecule has 8 heteroatoms. The van der Waals surface area contributed by atoms with Gasteiger partial charge in [0.1, 0.15) is 22.8 Å². The number of fused-ring (bicyclic) bond motifs is 3. The molecule has 5 N–H and O–H groups in total. The number of benzene rings is 2. The van der Waals surface area contributed by atoms with Crippen LogP contribution < -0.4 is 5.73 Å². The highest BCUT2D eigenvalue weighted by molar-refractivity contribution is 6.37. The summed E-state index contributed by atoms with van der Waals surface area (Å²) in [7, 11) is 0. The van der Waals surface area contributed by atoms with Gasteiger partial charge in [-0.05, 0) is 56.9 Å². The first kappa shape index (κ1) is 21.3. The Morgan fingerprint density at radius 3 is 2.35 bits per heavy atom. The number of nitrogens with two attached hydrogens (primary N) is 1. The van der Waals surface area contributed by atoms with Crippen LogP contribution in [-0.4, -0.2) is 38.7 Å². The van der Waals surface area contributed by atoms with Gasteiger partial charge in [0, 0.05) is 16.3 Å². The molecule has 0 heterocycles. The van der Waals surface area contributed by atoms with Gasteiger partial charge in [-0.3, -0.25) is 14.4 Å². The van der Waals surface area contributed by atoms with Gasteiger partial charge in [0.2, 0.25) is 0 Å². The summed E-state index contributed by atoms with van der Waals surface area (Å²) in [6.45, 7) is 5.88. The number of carbonyl (C=O) groups excluding carboxylic acids is 3. The third-order valence-corrected chi connectivity index (χ3v) is 7.27. The van der Waals surface area contributed by atoms with Gasteiger partial charge >= 0.3 is 0 Å². The average molecular weight is 444 g/mol. The number of aliphatic hydroxyl groups excluding tert-OH is 1. The van der Waals surface area contributed by atoms with Crippen molar-refractivity contribution in [2.75, 3.05) is 0 Å². The predicted molar refractivity (Wildman–Crippen MR) is 115 cm³/mol. The number of hydrogen-bond acceptors (Lipinski definition) is 7. The Labute approximate surface area is 183 Å². The van der Waals surface area contributed by atoms with E-state index in [9.17, 15) is 29.7 Å². The third kappa shape index (κ3) is 2.47. The Morgan fingerprint density at radius 2 is 1.77 bits per heavy atom. The highest BCUT2D eigenvalue weighted by Gasteiger charge is 2.58. The summed E-state index contributed by atoms with van der Waals surface area (Å²) in [6, 6.07) is 0.382. The van der Waals surface area contributed by atoms with Crippen LogP contribution in [0, 0.1) is 25.2 Å². The minimum Gasteiger partial charge on any atom is -0.510 e. The van der Waals surface area contributed by atoms with Crippen molar-refractivity contribution in [2.24, 2.45) is 17.1 Å². The monoisotopic (exact) mass is 443 g/mol. The Bertz CT molecular complexity index is 1280. The molecule has 3 atom stereocenters. The van der Waals surface area contributed by atoms with Gasteiger partial charge < -0.3 is 21.1 Å². The van der Waals surface area contributed by atoms with Crippen LogP contribution in [0.4, 0.5) is 0 Å². The van der Waals surface area contributed by atoms with E-state index in [1.165, 1.54) is 6.92 Å². The van der Waals surface area contributed by atoms with Crippen LogP contribution in [0.5, 0.6) is 11.5 Å². The number of aromatic hydroxyl groups is 2. The van der Waals surface area contributed by atoms with Crippen LogP contribution in [0.25, 0.3) is 10.8 Å². The van der Waals surface area contributed by atoms with Crippen molar-refractivity contribution in [1.82, 2.24) is 0 Å². The van der Waals surface area contributed by atoms with E-state index in [2.05, 4.69) is 0 Å². The summed E-state index contributed by atoms with van der Waals surface area (Å²) in [5.74, 6) is -4.17. The summed E-state index contributed by atoms with van der Waals surface area (Å²) in [6.07, 6.45) is 0.0972. The molecule has 0 bridgehead atoms. The number of carbonyl (C=O) groups is 3. The van der Waals surface area contributed by atoms with E-state index in [-0.39, 0.29) is 23.1 Å². The minimum atomic E-state index is -1.68. The van der Waals surface area contributed by atoms with Crippen molar-refractivity contribution >= 4 is 39.7 Å². The van der Waals surface area contributed by atoms with Crippen molar-refractivity contribution in [3.8, 4) is 11.5 Å². The fourth-order valence-corrected chi connectivity index (χ4v) is 5.56. The zero-order valence-electron chi connectivity index (χ0n) is 17.5. The SMILES string of the molecule is CC(=O)C1=C(O)C2(C)C(=O)c3c(c(C)c4c(Cl)cc(C)c(O)c4c3O)CC2[C@@H](N)C1=O. The summed E-state index contributed by atoms with van der Waals surface area (Å²) < 4.78 is 0. The van der Waals surface area contributed by atoms with E-state index >= 15 is 0 Å². The minimum absolute atomic E-state index is 0.0445. The fourth-order valence-electron chi connectivity index (χ4n) is 5.16. The molecule has 2 aliphatic carbocycles. The van der Waals surface area contributed by atoms with Crippen LogP contribution in [0.2, 0.25) is 5.02 Å². The number of halogens is 1. The summed E-state index contributed by atoms with van der Waals surface area (Å²) in [4.78, 5) is 38.5. The average Bonchev–Trinajstić information content (AvgIpc) is 2.68. The lowest BCUT2D eigenvalue weighted by Crippen LogP contribution is -2.58. The molecule has 7 nitrogen and oxygen atoms in total. The molecule has 0 aliphatic heterocycles. The van der Waals surface area contributed by atoms with E-state index in [1.54, 1.807) is 19.9 Å². The molecular formula is C23H22ClNO6. The molecule has 31 heavy (non-hydrogen) atoms. The number of phenolic OH excluding ortho intramolecular Hbond substituents is 2. The van der Waals surface area contributed by atoms with Crippen molar-refractivity contribution < 1.29 is 29.7 Å². The van der Waals surface area contributed by atoms with Crippen LogP contribution in [0.15, 0.2) is 17.4 Å². The Morgan fingerprint density at radius 1 is 1.16 bits per heavy atom. The first-order valence-corrected chi connectivity index (χ1v) is 10.2. The Balaban J connectivity index is 2.14. The molecule has 0 saturated heterocycles. The number of ketones is 3. The number of rotatable bonds is 1. The largest absolute Gasteiger partial charge is 0.510 e. The molecular weight excluding hydrogens is 422 g/mol. The van der Waals surface area contributed by atoms with Gasteiger partial charge in [-0.2, -0.15) is 0 Å². The predicted octanol–water partition coefficient (Wildman–Crippen LogP) is 3.19. The van der Waals surface area contributed by atoms with E-state index < -0.39 is 51.8 Å². The molecule has 0 spiro atoms. The second kappa shape index (κ2) is 6.55. The molecule has 2 aliphatic rings. The van der Waals surface area contributed by atoms with Gasteiger partial charge in [0.15, 0.2) is 17.3 Å². The quantitative estimate of drug-likeness (QED) is 0.496. The number of phenols is 2. The van der Waals surface area contributed by atoms with Gasteiger partial charge in [0.05, 0.1) is 22.4 Å². The zero-order valence-corrected chi connectivity index (χ0v) is 18.2. The number of hydrogen-bond donors (Lipinski definition) is 4.